The van der Waals surface area contributed by atoms with Crippen LogP contribution < -0.4 is 10.1 Å². The summed E-state index contributed by atoms with van der Waals surface area (Å²) in [4.78, 5) is 12.0. The van der Waals surface area contributed by atoms with Crippen LogP contribution in [0.25, 0.3) is 0 Å². The molecule has 1 aromatic carbocycles. The number of rotatable bonds is 5. The first-order valence-electron chi connectivity index (χ1n) is 7.10. The largest absolute Gasteiger partial charge is 0.493 e. The number of ketones is 1. The fourth-order valence-electron chi connectivity index (χ4n) is 2.57. The Kier molecular flexibility index (Phi) is 4.97. The van der Waals surface area contributed by atoms with Gasteiger partial charge in [-0.3, -0.25) is 4.79 Å². The molecule has 2 rings (SSSR count). The molecule has 104 valence electrons. The minimum absolute atomic E-state index is 0.240. The van der Waals surface area contributed by atoms with Gasteiger partial charge in [0.15, 0.2) is 0 Å². The Morgan fingerprint density at radius 3 is 2.74 bits per heavy atom. The van der Waals surface area contributed by atoms with Crippen LogP contribution >= 0.6 is 0 Å². The van der Waals surface area contributed by atoms with Gasteiger partial charge in [0.25, 0.3) is 0 Å². The molecular formula is C16H23NO2. The molecule has 1 saturated heterocycles. The monoisotopic (exact) mass is 261 g/mol. The molecule has 0 aliphatic carbocycles. The highest BCUT2D eigenvalue weighted by Crippen LogP contribution is 2.20. The lowest BCUT2D eigenvalue weighted by Gasteiger charge is -2.21. The molecule has 0 spiro atoms. The molecule has 0 bridgehead atoms. The molecule has 0 atom stereocenters. The number of hydrogen-bond donors (Lipinski definition) is 1. The molecule has 3 nitrogen and oxygen atoms in total. The maximum absolute atomic E-state index is 12.0. The molecule has 1 aromatic rings. The predicted octanol–water partition coefficient (Wildman–Crippen LogP) is 2.64. The van der Waals surface area contributed by atoms with Crippen molar-refractivity contribution in [2.24, 2.45) is 5.92 Å². The van der Waals surface area contributed by atoms with E-state index in [2.05, 4.69) is 18.3 Å². The van der Waals surface area contributed by atoms with Gasteiger partial charge >= 0.3 is 0 Å². The average Bonchev–Trinajstić information content (AvgIpc) is 2.42. The molecule has 1 aliphatic rings. The fraction of sp³-hybridized carbons (Fsp3) is 0.562. The van der Waals surface area contributed by atoms with Crippen molar-refractivity contribution in [3.8, 4) is 5.75 Å². The maximum atomic E-state index is 12.0. The number of piperidine rings is 1. The second kappa shape index (κ2) is 6.71. The van der Waals surface area contributed by atoms with Crippen molar-refractivity contribution in [2.45, 2.75) is 33.1 Å². The highest BCUT2D eigenvalue weighted by atomic mass is 16.5. The molecular weight excluding hydrogens is 238 g/mol. The zero-order chi connectivity index (χ0) is 13.7. The molecule has 0 saturated carbocycles. The Hall–Kier alpha value is -1.35. The summed E-state index contributed by atoms with van der Waals surface area (Å²) in [5, 5.41) is 3.28. The lowest BCUT2D eigenvalue weighted by Crippen LogP contribution is -2.32. The van der Waals surface area contributed by atoms with Gasteiger partial charge < -0.3 is 10.1 Å². The number of ether oxygens (including phenoxy) is 1. The summed E-state index contributed by atoms with van der Waals surface area (Å²) in [5.74, 6) is 1.49. The first kappa shape index (κ1) is 14.1. The third-order valence-electron chi connectivity index (χ3n) is 3.73. The minimum Gasteiger partial charge on any atom is -0.493 e. The van der Waals surface area contributed by atoms with E-state index in [1.807, 2.05) is 19.1 Å². The highest BCUT2D eigenvalue weighted by Gasteiger charge is 2.20. The molecule has 0 unspecified atom stereocenters. The van der Waals surface area contributed by atoms with Gasteiger partial charge in [-0.15, -0.1) is 0 Å². The van der Waals surface area contributed by atoms with Gasteiger partial charge in [-0.1, -0.05) is 17.7 Å². The molecule has 1 fully saturated rings. The molecule has 1 N–H and O–H groups in total. The molecule has 19 heavy (non-hydrogen) atoms. The lowest BCUT2D eigenvalue weighted by molar-refractivity contribution is -0.124. The number of benzene rings is 1. The number of hydrogen-bond acceptors (Lipinski definition) is 3. The normalized spacial score (nSPS) is 16.3. The first-order valence-corrected chi connectivity index (χ1v) is 7.10. The number of Topliss-reactive ketones (excluding diaryl/α,β-unsaturated/α-hetero) is 1. The summed E-state index contributed by atoms with van der Waals surface area (Å²) in [5.41, 5.74) is 2.37. The van der Waals surface area contributed by atoms with Crippen LogP contribution in [0.3, 0.4) is 0 Å². The zero-order valence-electron chi connectivity index (χ0n) is 11.9. The first-order chi connectivity index (χ1) is 9.16. The number of carbonyl (C=O) groups is 1. The van der Waals surface area contributed by atoms with Crippen LogP contribution in [0.15, 0.2) is 18.2 Å². The van der Waals surface area contributed by atoms with Gasteiger partial charge in [-0.25, -0.2) is 0 Å². The van der Waals surface area contributed by atoms with Crippen molar-refractivity contribution in [2.75, 3.05) is 19.7 Å². The molecule has 0 aromatic heterocycles. The highest BCUT2D eigenvalue weighted by molar-refractivity contribution is 5.81. The summed E-state index contributed by atoms with van der Waals surface area (Å²) in [7, 11) is 0. The summed E-state index contributed by atoms with van der Waals surface area (Å²) in [6, 6.07) is 6.13. The Balaban J connectivity index is 1.78. The average molecular weight is 261 g/mol. The van der Waals surface area contributed by atoms with Crippen LogP contribution in [0.4, 0.5) is 0 Å². The van der Waals surface area contributed by atoms with Crippen molar-refractivity contribution < 1.29 is 9.53 Å². The quantitative estimate of drug-likeness (QED) is 0.885. The molecule has 1 aliphatic heterocycles. The van der Waals surface area contributed by atoms with E-state index < -0.39 is 0 Å². The van der Waals surface area contributed by atoms with Crippen LogP contribution in [0, 0.1) is 19.8 Å². The third-order valence-corrected chi connectivity index (χ3v) is 3.73. The van der Waals surface area contributed by atoms with E-state index in [-0.39, 0.29) is 5.92 Å². The second-order valence-electron chi connectivity index (χ2n) is 5.36. The van der Waals surface area contributed by atoms with E-state index in [9.17, 15) is 4.79 Å². The SMILES string of the molecule is Cc1ccc(OCCC(=O)C2CCNCC2)c(C)c1. The van der Waals surface area contributed by atoms with Crippen LogP contribution in [0.5, 0.6) is 5.75 Å². The topological polar surface area (TPSA) is 38.3 Å². The standard InChI is InChI=1S/C16H23NO2/c1-12-3-4-16(13(2)11-12)19-10-7-15(18)14-5-8-17-9-6-14/h3-4,11,14,17H,5-10H2,1-2H3. The van der Waals surface area contributed by atoms with Gasteiger partial charge in [0, 0.05) is 12.3 Å². The van der Waals surface area contributed by atoms with Crippen molar-refractivity contribution >= 4 is 5.78 Å². The Bertz CT molecular complexity index is 436. The van der Waals surface area contributed by atoms with Crippen molar-refractivity contribution in [1.82, 2.24) is 5.32 Å². The molecule has 0 amide bonds. The van der Waals surface area contributed by atoms with Crippen molar-refractivity contribution in [1.29, 1.82) is 0 Å². The molecule has 0 radical (unpaired) electrons. The number of aryl methyl sites for hydroxylation is 2. The van der Waals surface area contributed by atoms with E-state index in [0.29, 0.717) is 18.8 Å². The Labute approximate surface area is 115 Å². The van der Waals surface area contributed by atoms with Crippen LogP contribution in [0.2, 0.25) is 0 Å². The Morgan fingerprint density at radius 2 is 2.05 bits per heavy atom. The molecule has 1 heterocycles. The smallest absolute Gasteiger partial charge is 0.139 e. The van der Waals surface area contributed by atoms with Gasteiger partial charge in [0.05, 0.1) is 6.61 Å². The van der Waals surface area contributed by atoms with Crippen molar-refractivity contribution in [3.05, 3.63) is 29.3 Å². The van der Waals surface area contributed by atoms with E-state index in [0.717, 1.165) is 37.2 Å². The minimum atomic E-state index is 0.240. The van der Waals surface area contributed by atoms with Crippen LogP contribution in [0.1, 0.15) is 30.4 Å². The van der Waals surface area contributed by atoms with Gasteiger partial charge in [0.1, 0.15) is 11.5 Å². The molecule has 3 heteroatoms. The lowest BCUT2D eigenvalue weighted by atomic mass is 9.92. The third kappa shape index (κ3) is 4.06. The number of carbonyl (C=O) groups excluding carboxylic acids is 1. The van der Waals surface area contributed by atoms with Crippen LogP contribution in [-0.4, -0.2) is 25.5 Å². The predicted molar refractivity (Wildman–Crippen MR) is 76.6 cm³/mol. The Morgan fingerprint density at radius 1 is 1.32 bits per heavy atom. The summed E-state index contributed by atoms with van der Waals surface area (Å²) in [6.07, 6.45) is 2.47. The van der Waals surface area contributed by atoms with Crippen LogP contribution in [-0.2, 0) is 4.79 Å². The van der Waals surface area contributed by atoms with E-state index in [1.54, 1.807) is 0 Å². The summed E-state index contributed by atoms with van der Waals surface area (Å²) < 4.78 is 5.72. The van der Waals surface area contributed by atoms with E-state index >= 15 is 0 Å². The maximum Gasteiger partial charge on any atom is 0.139 e. The zero-order valence-corrected chi connectivity index (χ0v) is 11.9. The second-order valence-corrected chi connectivity index (χ2v) is 5.36. The summed E-state index contributed by atoms with van der Waals surface area (Å²) in [6.45, 7) is 6.53. The van der Waals surface area contributed by atoms with Gasteiger partial charge in [0.2, 0.25) is 0 Å². The van der Waals surface area contributed by atoms with Crippen molar-refractivity contribution in [3.63, 3.8) is 0 Å². The van der Waals surface area contributed by atoms with E-state index in [1.165, 1.54) is 5.56 Å². The fourth-order valence-corrected chi connectivity index (χ4v) is 2.57. The van der Waals surface area contributed by atoms with Gasteiger partial charge in [-0.2, -0.15) is 0 Å². The summed E-state index contributed by atoms with van der Waals surface area (Å²) >= 11 is 0. The van der Waals surface area contributed by atoms with E-state index in [4.69, 9.17) is 4.74 Å². The number of nitrogens with one attached hydrogen (secondary N) is 1. The van der Waals surface area contributed by atoms with Gasteiger partial charge in [-0.05, 0) is 51.4 Å².